The molecule has 0 saturated carbocycles. The van der Waals surface area contributed by atoms with Crippen molar-refractivity contribution in [2.24, 2.45) is 0 Å². The van der Waals surface area contributed by atoms with Gasteiger partial charge in [0.05, 0.1) is 11.4 Å². The minimum Gasteiger partial charge on any atom is -0.350 e. The maximum atomic E-state index is 14.0. The number of nitrogens with one attached hydrogen (secondary N) is 1. The summed E-state index contributed by atoms with van der Waals surface area (Å²) in [5.41, 5.74) is 3.88. The van der Waals surface area contributed by atoms with Gasteiger partial charge in [0.2, 0.25) is 16.7 Å². The third-order valence-electron chi connectivity index (χ3n) is 6.09. The molecule has 1 fully saturated rings. The van der Waals surface area contributed by atoms with Crippen LogP contribution in [0.3, 0.4) is 0 Å². The van der Waals surface area contributed by atoms with Crippen LogP contribution in [0.2, 0.25) is 5.02 Å². The molecule has 0 aromatic heterocycles. The number of carbonyl (C=O) groups is 3. The smallest absolute Gasteiger partial charge is 0.269 e. The highest BCUT2D eigenvalue weighted by molar-refractivity contribution is 8.02. The molecule has 0 unspecified atom stereocenters. The van der Waals surface area contributed by atoms with Gasteiger partial charge in [0.15, 0.2) is 0 Å². The zero-order chi connectivity index (χ0) is 23.9. The fraction of sp³-hybridized carbons (Fsp3) is 0.192. The molecule has 3 aromatic rings. The number of amides is 3. The SMILES string of the molecule is Cc1ccc(N2C(=O)CS[C@@]23C(=O)N(CC(=O)NCc2ccccc2Cl)c2ccccc23)cc1. The first-order chi connectivity index (χ1) is 16.4. The first-order valence-electron chi connectivity index (χ1n) is 10.9. The van der Waals surface area contributed by atoms with Crippen LogP contribution < -0.4 is 15.1 Å². The molecule has 172 valence electrons. The van der Waals surface area contributed by atoms with Gasteiger partial charge in [0.1, 0.15) is 6.54 Å². The van der Waals surface area contributed by atoms with Gasteiger partial charge in [0, 0.05) is 22.8 Å². The number of benzene rings is 3. The second-order valence-electron chi connectivity index (χ2n) is 8.27. The number of anilines is 2. The van der Waals surface area contributed by atoms with Crippen LogP contribution in [-0.4, -0.2) is 30.0 Å². The van der Waals surface area contributed by atoms with Gasteiger partial charge in [-0.05, 0) is 36.8 Å². The number of nitrogens with zero attached hydrogens (tertiary/aromatic N) is 2. The second kappa shape index (κ2) is 8.81. The van der Waals surface area contributed by atoms with E-state index in [0.29, 0.717) is 16.4 Å². The number of hydrogen-bond acceptors (Lipinski definition) is 4. The van der Waals surface area contributed by atoms with E-state index in [4.69, 9.17) is 11.6 Å². The van der Waals surface area contributed by atoms with E-state index in [2.05, 4.69) is 5.32 Å². The lowest BCUT2D eigenvalue weighted by Gasteiger charge is -2.33. The molecule has 0 aliphatic carbocycles. The summed E-state index contributed by atoms with van der Waals surface area (Å²) >= 11 is 7.49. The Morgan fingerprint density at radius 2 is 1.74 bits per heavy atom. The largest absolute Gasteiger partial charge is 0.350 e. The molecule has 5 rings (SSSR count). The maximum absolute atomic E-state index is 14.0. The molecule has 34 heavy (non-hydrogen) atoms. The molecule has 3 amide bonds. The summed E-state index contributed by atoms with van der Waals surface area (Å²) in [5, 5.41) is 3.42. The van der Waals surface area contributed by atoms with E-state index in [1.165, 1.54) is 16.7 Å². The fourth-order valence-corrected chi connectivity index (χ4v) is 6.00. The lowest BCUT2D eigenvalue weighted by molar-refractivity contribution is -0.125. The Morgan fingerprint density at radius 3 is 2.50 bits per heavy atom. The summed E-state index contributed by atoms with van der Waals surface area (Å²) < 4.78 is 0. The molecule has 1 spiro atoms. The first kappa shape index (κ1) is 22.5. The number of para-hydroxylation sites is 1. The number of fused-ring (bicyclic) bond motifs is 2. The van der Waals surface area contributed by atoms with Gasteiger partial charge in [-0.15, -0.1) is 11.8 Å². The predicted octanol–water partition coefficient (Wildman–Crippen LogP) is 4.24. The third kappa shape index (κ3) is 3.65. The Labute approximate surface area is 206 Å². The molecule has 1 atom stereocenters. The summed E-state index contributed by atoms with van der Waals surface area (Å²) in [7, 11) is 0. The van der Waals surface area contributed by atoms with E-state index in [9.17, 15) is 14.4 Å². The Morgan fingerprint density at radius 1 is 1.03 bits per heavy atom. The highest BCUT2D eigenvalue weighted by Gasteiger charge is 2.61. The quantitative estimate of drug-likeness (QED) is 0.579. The number of rotatable bonds is 5. The zero-order valence-electron chi connectivity index (χ0n) is 18.5. The van der Waals surface area contributed by atoms with Crippen molar-refractivity contribution in [2.45, 2.75) is 18.3 Å². The molecule has 1 N–H and O–H groups in total. The molecule has 2 aliphatic heterocycles. The summed E-state index contributed by atoms with van der Waals surface area (Å²) in [6.07, 6.45) is 0. The van der Waals surface area contributed by atoms with Gasteiger partial charge in [-0.3, -0.25) is 24.2 Å². The summed E-state index contributed by atoms with van der Waals surface area (Å²) in [5.74, 6) is -0.558. The topological polar surface area (TPSA) is 69.7 Å². The standard InChI is InChI=1S/C26H22ClN3O3S/c1-17-10-12-19(13-11-17)30-24(32)16-34-26(30)20-7-3-5-9-22(20)29(25(26)33)15-23(31)28-14-18-6-2-4-8-21(18)27/h2-13H,14-16H2,1H3,(H,28,31)/t26-/m0/s1. The second-order valence-corrected chi connectivity index (χ2v) is 9.85. The average Bonchev–Trinajstić information content (AvgIpc) is 3.30. The molecule has 2 aliphatic rings. The van der Waals surface area contributed by atoms with Crippen LogP contribution in [0.4, 0.5) is 11.4 Å². The van der Waals surface area contributed by atoms with Crippen LogP contribution in [0, 0.1) is 6.92 Å². The Balaban J connectivity index is 1.45. The van der Waals surface area contributed by atoms with Crippen molar-refractivity contribution >= 4 is 52.5 Å². The molecule has 6 nitrogen and oxygen atoms in total. The summed E-state index contributed by atoms with van der Waals surface area (Å²) in [4.78, 5) is 41.7. The van der Waals surface area contributed by atoms with Gasteiger partial charge < -0.3 is 5.32 Å². The lowest BCUT2D eigenvalue weighted by Crippen LogP contribution is -2.51. The first-order valence-corrected chi connectivity index (χ1v) is 12.2. The average molecular weight is 492 g/mol. The van der Waals surface area contributed by atoms with Crippen LogP contribution in [0.25, 0.3) is 0 Å². The number of hydrogen-bond donors (Lipinski definition) is 1. The van der Waals surface area contributed by atoms with Crippen LogP contribution >= 0.6 is 23.4 Å². The van der Waals surface area contributed by atoms with E-state index in [1.54, 1.807) is 11.0 Å². The van der Waals surface area contributed by atoms with Crippen molar-refractivity contribution < 1.29 is 14.4 Å². The van der Waals surface area contributed by atoms with Crippen LogP contribution in [0.15, 0.2) is 72.8 Å². The van der Waals surface area contributed by atoms with E-state index in [1.807, 2.05) is 73.7 Å². The van der Waals surface area contributed by atoms with Crippen molar-refractivity contribution in [2.75, 3.05) is 22.1 Å². The maximum Gasteiger partial charge on any atom is 0.269 e. The van der Waals surface area contributed by atoms with Gasteiger partial charge >= 0.3 is 0 Å². The Hall–Kier alpha value is -3.29. The molecule has 2 heterocycles. The van der Waals surface area contributed by atoms with Crippen molar-refractivity contribution in [3.8, 4) is 0 Å². The normalized spacial score (nSPS) is 19.1. The molecule has 8 heteroatoms. The minimum atomic E-state index is -1.23. The van der Waals surface area contributed by atoms with E-state index >= 15 is 0 Å². The molecule has 0 radical (unpaired) electrons. The van der Waals surface area contributed by atoms with Crippen LogP contribution in [0.5, 0.6) is 0 Å². The van der Waals surface area contributed by atoms with Crippen molar-refractivity contribution in [3.63, 3.8) is 0 Å². The highest BCUT2D eigenvalue weighted by Crippen LogP contribution is 2.55. The molecule has 3 aromatic carbocycles. The predicted molar refractivity (Wildman–Crippen MR) is 135 cm³/mol. The van der Waals surface area contributed by atoms with E-state index < -0.39 is 4.87 Å². The van der Waals surface area contributed by atoms with Crippen molar-refractivity contribution in [1.29, 1.82) is 0 Å². The molecular formula is C26H22ClN3O3S. The molecule has 1 saturated heterocycles. The van der Waals surface area contributed by atoms with E-state index in [0.717, 1.165) is 16.7 Å². The summed E-state index contributed by atoms with van der Waals surface area (Å²) in [6.45, 7) is 2.08. The Bertz CT molecular complexity index is 1300. The van der Waals surface area contributed by atoms with Gasteiger partial charge in [-0.2, -0.15) is 0 Å². The van der Waals surface area contributed by atoms with Crippen molar-refractivity contribution in [3.05, 3.63) is 94.5 Å². The number of halogens is 1. The number of aryl methyl sites for hydroxylation is 1. The number of carbonyl (C=O) groups excluding carboxylic acids is 3. The van der Waals surface area contributed by atoms with Crippen LogP contribution in [0.1, 0.15) is 16.7 Å². The van der Waals surface area contributed by atoms with Gasteiger partial charge in [0.25, 0.3) is 5.91 Å². The Kier molecular flexibility index (Phi) is 5.83. The minimum absolute atomic E-state index is 0.137. The molecular weight excluding hydrogens is 470 g/mol. The zero-order valence-corrected chi connectivity index (χ0v) is 20.0. The molecule has 0 bridgehead atoms. The van der Waals surface area contributed by atoms with Gasteiger partial charge in [-0.25, -0.2) is 0 Å². The lowest BCUT2D eigenvalue weighted by atomic mass is 10.0. The van der Waals surface area contributed by atoms with Gasteiger partial charge in [-0.1, -0.05) is 65.7 Å². The van der Waals surface area contributed by atoms with Crippen molar-refractivity contribution in [1.82, 2.24) is 5.32 Å². The van der Waals surface area contributed by atoms with Crippen LogP contribution in [-0.2, 0) is 25.8 Å². The van der Waals surface area contributed by atoms with E-state index in [-0.39, 0.29) is 36.6 Å². The number of thioether (sulfide) groups is 1. The monoisotopic (exact) mass is 491 g/mol. The summed E-state index contributed by atoms with van der Waals surface area (Å²) in [6, 6.07) is 22.2. The highest BCUT2D eigenvalue weighted by atomic mass is 35.5. The third-order valence-corrected chi connectivity index (χ3v) is 7.85. The fourth-order valence-electron chi connectivity index (χ4n) is 4.44.